The van der Waals surface area contributed by atoms with Gasteiger partial charge in [0, 0.05) is 58.2 Å². The Morgan fingerprint density at radius 1 is 0.903 bits per heavy atom. The van der Waals surface area contributed by atoms with Crippen molar-refractivity contribution in [2.75, 3.05) is 6.54 Å². The van der Waals surface area contributed by atoms with Gasteiger partial charge in [0.15, 0.2) is 5.82 Å². The third-order valence-corrected chi connectivity index (χ3v) is 16.7. The van der Waals surface area contributed by atoms with Gasteiger partial charge in [-0.15, -0.1) is 32.9 Å². The standard InChI is InChI=1S/C55H59ClN10O4S2/c1-29(2)50(54(69)64-26-30(3)20-46(64)53(68)59-32(5)36-12-14-38(15-13-36)51-33(6)57-28-71-51)65-27-40(25-58-65)39-10-9-11-43(21-39)70-44-22-42(23-44)60-47(67)24-45-52-63-62-35(8)66(52)55-48(31(4)34(7)72-55)49(61-45)37-16-18-41(56)19-17-37/h9-19,21,25,27-30,32,42,44-46,50H,20,22-24,26H2,1-8H3,(H,59,68)(H,60,67)/t30-,32+,42?,44?,45+,46+,50-/m1/s1. The van der Waals surface area contributed by atoms with E-state index in [1.54, 1.807) is 38.5 Å². The zero-order valence-electron chi connectivity index (χ0n) is 41.7. The van der Waals surface area contributed by atoms with Crippen LogP contribution >= 0.6 is 34.3 Å². The Labute approximate surface area is 432 Å². The molecule has 17 heteroatoms. The molecule has 10 rings (SSSR count). The maximum Gasteiger partial charge on any atom is 0.248 e. The molecule has 3 amide bonds. The Hall–Kier alpha value is -6.49. The normalized spacial score (nSPS) is 20.2. The van der Waals surface area contributed by atoms with Crippen LogP contribution in [0.2, 0.25) is 5.02 Å². The number of aryl methyl sites for hydroxylation is 3. The molecule has 1 saturated carbocycles. The highest BCUT2D eigenvalue weighted by molar-refractivity contribution is 7.15. The number of carbonyl (C=O) groups excluding carboxylic acids is 3. The first kappa shape index (κ1) is 49.1. The van der Waals surface area contributed by atoms with Gasteiger partial charge in [-0.3, -0.25) is 28.6 Å². The van der Waals surface area contributed by atoms with Crippen molar-refractivity contribution in [3.05, 3.63) is 140 Å². The molecule has 372 valence electrons. The molecule has 1 saturated heterocycles. The van der Waals surface area contributed by atoms with Crippen LogP contribution in [0.3, 0.4) is 0 Å². The maximum atomic E-state index is 14.5. The molecule has 2 N–H and O–H groups in total. The topological polar surface area (TPSA) is 162 Å². The summed E-state index contributed by atoms with van der Waals surface area (Å²) in [5, 5.41) is 21.8. The van der Waals surface area contributed by atoms with E-state index in [4.69, 9.17) is 26.4 Å². The van der Waals surface area contributed by atoms with Gasteiger partial charge in [0.2, 0.25) is 17.7 Å². The molecule has 4 aromatic heterocycles. The summed E-state index contributed by atoms with van der Waals surface area (Å²) >= 11 is 9.58. The second kappa shape index (κ2) is 20.2. The zero-order valence-corrected chi connectivity index (χ0v) is 44.1. The Balaban J connectivity index is 0.762. The van der Waals surface area contributed by atoms with Gasteiger partial charge >= 0.3 is 0 Å². The van der Waals surface area contributed by atoms with E-state index in [9.17, 15) is 14.4 Å². The molecule has 3 aromatic carbocycles. The molecule has 0 bridgehead atoms. The highest BCUT2D eigenvalue weighted by atomic mass is 35.5. The number of aromatic nitrogens is 6. The van der Waals surface area contributed by atoms with Crippen molar-refractivity contribution in [2.45, 2.75) is 117 Å². The lowest BCUT2D eigenvalue weighted by atomic mass is 9.89. The quantitative estimate of drug-likeness (QED) is 0.109. The Morgan fingerprint density at radius 2 is 1.65 bits per heavy atom. The van der Waals surface area contributed by atoms with Gasteiger partial charge < -0.3 is 20.3 Å². The third kappa shape index (κ3) is 9.75. The van der Waals surface area contributed by atoms with Crippen molar-refractivity contribution in [3.63, 3.8) is 0 Å². The second-order valence-electron chi connectivity index (χ2n) is 20.0. The Morgan fingerprint density at radius 3 is 2.38 bits per heavy atom. The van der Waals surface area contributed by atoms with Crippen molar-refractivity contribution in [2.24, 2.45) is 16.8 Å². The molecule has 2 aliphatic heterocycles. The summed E-state index contributed by atoms with van der Waals surface area (Å²) in [7, 11) is 0. The first-order valence-electron chi connectivity index (χ1n) is 24.7. The van der Waals surface area contributed by atoms with Gasteiger partial charge in [0.25, 0.3) is 0 Å². The number of hydrogen-bond donors (Lipinski definition) is 2. The van der Waals surface area contributed by atoms with E-state index < -0.39 is 18.1 Å². The minimum absolute atomic E-state index is 0.0460. The van der Waals surface area contributed by atoms with Crippen LogP contribution in [0.5, 0.6) is 5.75 Å². The third-order valence-electron chi connectivity index (χ3n) is 14.3. The average molecular weight is 1020 g/mol. The monoisotopic (exact) mass is 1020 g/mol. The van der Waals surface area contributed by atoms with Crippen LogP contribution in [-0.4, -0.2) is 82.6 Å². The number of likely N-dealkylation sites (tertiary alicyclic amines) is 1. The number of amides is 3. The smallest absolute Gasteiger partial charge is 0.248 e. The first-order chi connectivity index (χ1) is 34.6. The molecule has 6 heterocycles. The number of hydrogen-bond acceptors (Lipinski definition) is 11. The average Bonchev–Trinajstić information content (AvgIpc) is 4.19. The van der Waals surface area contributed by atoms with Gasteiger partial charge in [-0.1, -0.05) is 80.9 Å². The minimum atomic E-state index is -0.606. The molecule has 2 fully saturated rings. The summed E-state index contributed by atoms with van der Waals surface area (Å²) in [5.74, 6) is 1.79. The minimum Gasteiger partial charge on any atom is -0.490 e. The summed E-state index contributed by atoms with van der Waals surface area (Å²) in [6.07, 6.45) is 5.63. The highest BCUT2D eigenvalue weighted by Crippen LogP contribution is 2.40. The maximum absolute atomic E-state index is 14.5. The second-order valence-corrected chi connectivity index (χ2v) is 22.5. The van der Waals surface area contributed by atoms with Gasteiger partial charge in [-0.25, -0.2) is 4.98 Å². The number of ether oxygens (including phenoxy) is 1. The fourth-order valence-electron chi connectivity index (χ4n) is 10.3. The predicted octanol–water partition coefficient (Wildman–Crippen LogP) is 10.5. The van der Waals surface area contributed by atoms with E-state index in [2.05, 4.69) is 63.3 Å². The summed E-state index contributed by atoms with van der Waals surface area (Å²) in [4.78, 5) is 56.0. The fraction of sp³-hybridized carbons (Fsp3) is 0.382. The summed E-state index contributed by atoms with van der Waals surface area (Å²) in [6, 6.07) is 21.7. The lowest BCUT2D eigenvalue weighted by Crippen LogP contribution is -2.49. The van der Waals surface area contributed by atoms with E-state index in [0.29, 0.717) is 42.4 Å². The summed E-state index contributed by atoms with van der Waals surface area (Å²) in [6.45, 7) is 16.7. The number of nitrogens with zero attached hydrogens (tertiary/aromatic N) is 8. The molecule has 3 aliphatic rings. The van der Waals surface area contributed by atoms with Crippen LogP contribution in [0, 0.1) is 39.5 Å². The van der Waals surface area contributed by atoms with Crippen molar-refractivity contribution >= 4 is 57.7 Å². The number of carbonyl (C=O) groups is 3. The lowest BCUT2D eigenvalue weighted by molar-refractivity contribution is -0.142. The fourth-order valence-corrected chi connectivity index (χ4v) is 12.4. The van der Waals surface area contributed by atoms with Crippen LogP contribution in [0.1, 0.15) is 116 Å². The first-order valence-corrected chi connectivity index (χ1v) is 26.8. The van der Waals surface area contributed by atoms with E-state index in [1.807, 2.05) is 107 Å². The van der Waals surface area contributed by atoms with Crippen LogP contribution < -0.4 is 15.4 Å². The SMILES string of the molecule is Cc1ncsc1-c1ccc([C@H](C)NC(=O)[C@@H]2C[C@@H](C)CN2C(=O)[C@@H](C(C)C)n2cc(-c3cccc(OC4CC(NC(=O)C[C@@H]5N=C(c6ccc(Cl)cc6)c6c(sc(C)c6C)-n6c(C)nnc65)C4)c3)cn2)cc1. The predicted molar refractivity (Wildman–Crippen MR) is 283 cm³/mol. The van der Waals surface area contributed by atoms with Gasteiger partial charge in [-0.2, -0.15) is 5.10 Å². The number of halogens is 1. The molecule has 7 aromatic rings. The Kier molecular flexibility index (Phi) is 13.8. The van der Waals surface area contributed by atoms with E-state index in [1.165, 1.54) is 4.88 Å². The van der Waals surface area contributed by atoms with E-state index >= 15 is 0 Å². The number of thiophene rings is 1. The van der Waals surface area contributed by atoms with Crippen molar-refractivity contribution in [1.29, 1.82) is 0 Å². The molecule has 72 heavy (non-hydrogen) atoms. The van der Waals surface area contributed by atoms with E-state index in [-0.39, 0.29) is 54.2 Å². The molecule has 0 radical (unpaired) electrons. The van der Waals surface area contributed by atoms with Gasteiger partial charge in [-0.05, 0) is 99.4 Å². The van der Waals surface area contributed by atoms with Crippen LogP contribution in [0.25, 0.3) is 26.6 Å². The summed E-state index contributed by atoms with van der Waals surface area (Å²) in [5.41, 5.74) is 10.6. The van der Waals surface area contributed by atoms with Crippen molar-refractivity contribution in [3.8, 4) is 32.3 Å². The molecule has 0 unspecified atom stereocenters. The molecule has 1 aliphatic carbocycles. The number of benzene rings is 3. The zero-order chi connectivity index (χ0) is 50.5. The molecule has 14 nitrogen and oxygen atoms in total. The van der Waals surface area contributed by atoms with Crippen LogP contribution in [0.15, 0.2) is 95.7 Å². The largest absolute Gasteiger partial charge is 0.490 e. The highest BCUT2D eigenvalue weighted by Gasteiger charge is 2.42. The number of fused-ring (bicyclic) bond motifs is 3. The van der Waals surface area contributed by atoms with Crippen molar-refractivity contribution < 1.29 is 19.1 Å². The Bertz CT molecular complexity index is 3180. The van der Waals surface area contributed by atoms with Gasteiger partial charge in [0.05, 0.1) is 40.5 Å². The van der Waals surface area contributed by atoms with Crippen LogP contribution in [0.4, 0.5) is 0 Å². The van der Waals surface area contributed by atoms with Crippen LogP contribution in [-0.2, 0) is 14.4 Å². The number of aliphatic imine (C=N–C) groups is 1. The molecular formula is C55H59ClN10O4S2. The molecule has 5 atom stereocenters. The number of nitrogens with one attached hydrogen (secondary N) is 2. The number of thiazole rings is 1. The summed E-state index contributed by atoms with van der Waals surface area (Å²) < 4.78 is 10.2. The van der Waals surface area contributed by atoms with E-state index in [0.717, 1.165) is 66.1 Å². The molecule has 0 spiro atoms. The van der Waals surface area contributed by atoms with Crippen molar-refractivity contribution in [1.82, 2.24) is 45.1 Å². The number of rotatable bonds is 14. The molecular weight excluding hydrogens is 964 g/mol. The lowest BCUT2D eigenvalue weighted by Gasteiger charge is -2.36. The van der Waals surface area contributed by atoms with Gasteiger partial charge in [0.1, 0.15) is 40.8 Å².